The van der Waals surface area contributed by atoms with Gasteiger partial charge in [-0.15, -0.1) is 0 Å². The number of carbonyl (C=O) groups excluding carboxylic acids is 3. The number of urea groups is 1. The quantitative estimate of drug-likeness (QED) is 0.337. The molecule has 1 fully saturated rings. The summed E-state index contributed by atoms with van der Waals surface area (Å²) in [5.41, 5.74) is 1.35. The fourth-order valence-corrected chi connectivity index (χ4v) is 3.63. The number of amides is 4. The zero-order valence-corrected chi connectivity index (χ0v) is 20.1. The van der Waals surface area contributed by atoms with Gasteiger partial charge in [0.15, 0.2) is 11.5 Å². The molecule has 1 aliphatic heterocycles. The highest BCUT2D eigenvalue weighted by Gasteiger charge is 2.35. The number of methoxy groups -OCH3 is 2. The molecule has 0 aliphatic carbocycles. The van der Waals surface area contributed by atoms with E-state index < -0.39 is 24.4 Å². The molecule has 37 heavy (non-hydrogen) atoms. The minimum Gasteiger partial charge on any atom is -0.495 e. The number of benzene rings is 3. The maximum absolute atomic E-state index is 13.9. The van der Waals surface area contributed by atoms with Crippen LogP contribution in [0.25, 0.3) is 6.08 Å². The van der Waals surface area contributed by atoms with Gasteiger partial charge in [-0.05, 0) is 42.0 Å². The molecule has 2 N–H and O–H groups in total. The number of imide groups is 1. The Bertz CT molecular complexity index is 1370. The first-order chi connectivity index (χ1) is 17.9. The van der Waals surface area contributed by atoms with Crippen molar-refractivity contribution in [2.75, 3.05) is 26.1 Å². The van der Waals surface area contributed by atoms with Gasteiger partial charge < -0.3 is 24.8 Å². The molecule has 9 nitrogen and oxygen atoms in total. The molecule has 4 rings (SSSR count). The molecule has 190 valence electrons. The first-order valence-electron chi connectivity index (χ1n) is 11.2. The predicted octanol–water partition coefficient (Wildman–Crippen LogP) is 3.95. The normalized spacial score (nSPS) is 13.9. The van der Waals surface area contributed by atoms with Gasteiger partial charge in [0.2, 0.25) is 5.91 Å². The third kappa shape index (κ3) is 5.87. The second kappa shape index (κ2) is 11.3. The van der Waals surface area contributed by atoms with Crippen LogP contribution < -0.4 is 24.8 Å². The number of carbonyl (C=O) groups is 3. The minimum atomic E-state index is -0.719. The van der Waals surface area contributed by atoms with Crippen molar-refractivity contribution < 1.29 is 33.0 Å². The summed E-state index contributed by atoms with van der Waals surface area (Å²) in [5, 5.41) is 5.11. The number of rotatable bonds is 9. The molecule has 0 spiro atoms. The molecule has 10 heteroatoms. The molecule has 3 aromatic carbocycles. The average molecular weight is 506 g/mol. The van der Waals surface area contributed by atoms with Crippen molar-refractivity contribution in [2.45, 2.75) is 6.61 Å². The Hall–Kier alpha value is -4.86. The lowest BCUT2D eigenvalue weighted by Gasteiger charge is -2.13. The van der Waals surface area contributed by atoms with Crippen LogP contribution in [0, 0.1) is 5.82 Å². The highest BCUT2D eigenvalue weighted by molar-refractivity contribution is 6.16. The van der Waals surface area contributed by atoms with Gasteiger partial charge in [-0.1, -0.05) is 36.4 Å². The summed E-state index contributed by atoms with van der Waals surface area (Å²) in [4.78, 5) is 38.5. The Balaban J connectivity index is 1.44. The Morgan fingerprint density at radius 2 is 1.70 bits per heavy atom. The van der Waals surface area contributed by atoms with E-state index in [0.29, 0.717) is 34.1 Å². The third-order valence-electron chi connectivity index (χ3n) is 5.48. The second-order valence-corrected chi connectivity index (χ2v) is 7.92. The number of anilines is 1. The lowest BCUT2D eigenvalue weighted by molar-refractivity contribution is -0.127. The van der Waals surface area contributed by atoms with E-state index in [1.54, 1.807) is 60.7 Å². The van der Waals surface area contributed by atoms with E-state index in [-0.39, 0.29) is 18.1 Å². The summed E-state index contributed by atoms with van der Waals surface area (Å²) in [6, 6.07) is 17.2. The number of halogens is 1. The second-order valence-electron chi connectivity index (χ2n) is 7.92. The number of hydrogen-bond acceptors (Lipinski definition) is 6. The SMILES string of the molecule is COc1ccccc1NC(=O)CN1C(=O)N/C(=C/c2ccc(OCc3ccccc3F)c(OC)c2)C1=O. The molecule has 0 radical (unpaired) electrons. The zero-order chi connectivity index (χ0) is 26.4. The fourth-order valence-electron chi connectivity index (χ4n) is 3.63. The van der Waals surface area contributed by atoms with Gasteiger partial charge in [0, 0.05) is 5.56 Å². The summed E-state index contributed by atoms with van der Waals surface area (Å²) in [7, 11) is 2.92. The van der Waals surface area contributed by atoms with Gasteiger partial charge in [-0.25, -0.2) is 14.1 Å². The maximum atomic E-state index is 13.9. The molecule has 3 aromatic rings. The summed E-state index contributed by atoms with van der Waals surface area (Å²) >= 11 is 0. The van der Waals surface area contributed by atoms with E-state index >= 15 is 0 Å². The molecular formula is C27H24FN3O6. The van der Waals surface area contributed by atoms with E-state index in [4.69, 9.17) is 14.2 Å². The number of nitrogens with zero attached hydrogens (tertiary/aromatic N) is 1. The monoisotopic (exact) mass is 505 g/mol. The zero-order valence-electron chi connectivity index (χ0n) is 20.1. The molecular weight excluding hydrogens is 481 g/mol. The Labute approximate surface area is 212 Å². The van der Waals surface area contributed by atoms with Gasteiger partial charge >= 0.3 is 6.03 Å². The van der Waals surface area contributed by atoms with Crippen LogP contribution in [0.5, 0.6) is 17.2 Å². The van der Waals surface area contributed by atoms with Crippen molar-refractivity contribution in [3.05, 3.63) is 89.4 Å². The molecule has 4 amide bonds. The Kier molecular flexibility index (Phi) is 7.68. The fraction of sp³-hybridized carbons (Fsp3) is 0.148. The Morgan fingerprint density at radius 1 is 0.973 bits per heavy atom. The van der Waals surface area contributed by atoms with E-state index in [2.05, 4.69) is 10.6 Å². The van der Waals surface area contributed by atoms with Crippen molar-refractivity contribution >= 4 is 29.6 Å². The van der Waals surface area contributed by atoms with Crippen molar-refractivity contribution in [3.8, 4) is 17.2 Å². The van der Waals surface area contributed by atoms with Gasteiger partial charge in [-0.2, -0.15) is 0 Å². The van der Waals surface area contributed by atoms with E-state index in [0.717, 1.165) is 4.90 Å². The van der Waals surface area contributed by atoms with Crippen LogP contribution in [0.3, 0.4) is 0 Å². The van der Waals surface area contributed by atoms with Crippen LogP contribution in [-0.4, -0.2) is 43.5 Å². The van der Waals surface area contributed by atoms with Gasteiger partial charge in [-0.3, -0.25) is 9.59 Å². The number of nitrogens with one attached hydrogen (secondary N) is 2. The van der Waals surface area contributed by atoms with Crippen LogP contribution in [0.2, 0.25) is 0 Å². The van der Waals surface area contributed by atoms with Crippen LogP contribution in [0.15, 0.2) is 72.4 Å². The van der Waals surface area contributed by atoms with Gasteiger partial charge in [0.25, 0.3) is 5.91 Å². The van der Waals surface area contributed by atoms with Crippen LogP contribution in [0.1, 0.15) is 11.1 Å². The topological polar surface area (TPSA) is 106 Å². The summed E-state index contributed by atoms with van der Waals surface area (Å²) in [6.45, 7) is -0.476. The van der Waals surface area contributed by atoms with Gasteiger partial charge in [0.1, 0.15) is 30.4 Å². The smallest absolute Gasteiger partial charge is 0.329 e. The molecule has 0 atom stereocenters. The van der Waals surface area contributed by atoms with E-state index in [9.17, 15) is 18.8 Å². The van der Waals surface area contributed by atoms with Crippen molar-refractivity contribution in [3.63, 3.8) is 0 Å². The minimum absolute atomic E-state index is 0.00262. The summed E-state index contributed by atoms with van der Waals surface area (Å²) < 4.78 is 30.1. The summed E-state index contributed by atoms with van der Waals surface area (Å²) in [6.07, 6.45) is 1.46. The van der Waals surface area contributed by atoms with Crippen molar-refractivity contribution in [1.29, 1.82) is 0 Å². The Morgan fingerprint density at radius 3 is 2.46 bits per heavy atom. The van der Waals surface area contributed by atoms with Crippen molar-refractivity contribution in [1.82, 2.24) is 10.2 Å². The molecule has 1 saturated heterocycles. The predicted molar refractivity (Wildman–Crippen MR) is 134 cm³/mol. The highest BCUT2D eigenvalue weighted by Crippen LogP contribution is 2.30. The third-order valence-corrected chi connectivity index (χ3v) is 5.48. The van der Waals surface area contributed by atoms with E-state index in [1.165, 1.54) is 26.4 Å². The van der Waals surface area contributed by atoms with E-state index in [1.807, 2.05) is 0 Å². The first-order valence-corrected chi connectivity index (χ1v) is 11.2. The molecule has 1 heterocycles. The molecule has 0 aromatic heterocycles. The van der Waals surface area contributed by atoms with Crippen molar-refractivity contribution in [2.24, 2.45) is 0 Å². The first kappa shape index (κ1) is 25.2. The lowest BCUT2D eigenvalue weighted by atomic mass is 10.1. The van der Waals surface area contributed by atoms with Crippen LogP contribution in [0.4, 0.5) is 14.9 Å². The highest BCUT2D eigenvalue weighted by atomic mass is 19.1. The molecule has 0 bridgehead atoms. The standard InChI is InChI=1S/C27H24FN3O6/c1-35-22-10-6-5-9-20(22)29-25(32)15-31-26(33)21(30-27(31)34)13-17-11-12-23(24(14-17)36-2)37-16-18-7-3-4-8-19(18)28/h3-14H,15-16H2,1-2H3,(H,29,32)(H,30,34)/b21-13+. The molecule has 1 aliphatic rings. The molecule has 0 unspecified atom stereocenters. The largest absolute Gasteiger partial charge is 0.495 e. The maximum Gasteiger partial charge on any atom is 0.329 e. The number of para-hydroxylation sites is 2. The number of ether oxygens (including phenoxy) is 3. The average Bonchev–Trinajstić information content (AvgIpc) is 3.16. The molecule has 0 saturated carbocycles. The number of hydrogen-bond donors (Lipinski definition) is 2. The lowest BCUT2D eigenvalue weighted by Crippen LogP contribution is -2.38. The summed E-state index contributed by atoms with van der Waals surface area (Å²) in [5.74, 6) is -0.408. The van der Waals surface area contributed by atoms with Gasteiger partial charge in [0.05, 0.1) is 19.9 Å². The van der Waals surface area contributed by atoms with Crippen LogP contribution >= 0.6 is 0 Å². The van der Waals surface area contributed by atoms with Crippen LogP contribution in [-0.2, 0) is 16.2 Å².